The van der Waals surface area contributed by atoms with Gasteiger partial charge in [-0.05, 0) is 19.4 Å². The van der Waals surface area contributed by atoms with E-state index in [9.17, 15) is 8.42 Å². The number of anilines is 1. The Morgan fingerprint density at radius 3 is 2.86 bits per heavy atom. The van der Waals surface area contributed by atoms with Crippen molar-refractivity contribution in [1.29, 1.82) is 0 Å². The Kier molecular flexibility index (Phi) is 4.92. The Morgan fingerprint density at radius 2 is 2.19 bits per heavy atom. The number of aromatic amines is 1. The van der Waals surface area contributed by atoms with Crippen molar-refractivity contribution in [2.24, 2.45) is 0 Å². The SMILES string of the molecule is CCCNc1ccncc1S(=O)(=O)NC(C)c1cn[nH]c1. The lowest BCUT2D eigenvalue weighted by Crippen LogP contribution is -2.27. The normalized spacial score (nSPS) is 13.0. The van der Waals surface area contributed by atoms with Gasteiger partial charge in [0.05, 0.1) is 11.9 Å². The molecule has 2 aromatic heterocycles. The number of rotatable bonds is 7. The number of hydrogen-bond acceptors (Lipinski definition) is 5. The van der Waals surface area contributed by atoms with Gasteiger partial charge in [-0.15, -0.1) is 0 Å². The average molecular weight is 309 g/mol. The molecule has 0 aliphatic heterocycles. The van der Waals surface area contributed by atoms with Crippen LogP contribution in [0.4, 0.5) is 5.69 Å². The molecule has 3 N–H and O–H groups in total. The topological polar surface area (TPSA) is 99.8 Å². The zero-order valence-electron chi connectivity index (χ0n) is 12.0. The van der Waals surface area contributed by atoms with E-state index >= 15 is 0 Å². The molecule has 8 heteroatoms. The fraction of sp³-hybridized carbons (Fsp3) is 0.385. The molecule has 1 unspecified atom stereocenters. The molecule has 0 aromatic carbocycles. The van der Waals surface area contributed by atoms with E-state index in [0.29, 0.717) is 12.2 Å². The minimum Gasteiger partial charge on any atom is -0.384 e. The Labute approximate surface area is 124 Å². The summed E-state index contributed by atoms with van der Waals surface area (Å²) in [5.74, 6) is 0. The summed E-state index contributed by atoms with van der Waals surface area (Å²) >= 11 is 0. The molecule has 1 atom stereocenters. The monoisotopic (exact) mass is 309 g/mol. The number of hydrogen-bond donors (Lipinski definition) is 3. The molecule has 21 heavy (non-hydrogen) atoms. The maximum absolute atomic E-state index is 12.5. The molecule has 0 fully saturated rings. The third kappa shape index (κ3) is 3.79. The molecule has 0 bridgehead atoms. The van der Waals surface area contributed by atoms with Gasteiger partial charge in [0.15, 0.2) is 0 Å². The second kappa shape index (κ2) is 6.68. The van der Waals surface area contributed by atoms with Gasteiger partial charge in [0.25, 0.3) is 0 Å². The predicted octanol–water partition coefficient (Wildman–Crippen LogP) is 1.67. The second-order valence-corrected chi connectivity index (χ2v) is 6.36. The fourth-order valence-electron chi connectivity index (χ4n) is 1.86. The fourth-order valence-corrected chi connectivity index (χ4v) is 3.22. The molecule has 0 aliphatic carbocycles. The molecule has 7 nitrogen and oxygen atoms in total. The van der Waals surface area contributed by atoms with E-state index < -0.39 is 10.0 Å². The lowest BCUT2D eigenvalue weighted by Gasteiger charge is -2.15. The van der Waals surface area contributed by atoms with Crippen LogP contribution in [0.15, 0.2) is 35.7 Å². The van der Waals surface area contributed by atoms with E-state index in [1.165, 1.54) is 6.20 Å². The molecular formula is C13H19N5O2S. The quantitative estimate of drug-likeness (QED) is 0.722. The smallest absolute Gasteiger partial charge is 0.244 e. The summed E-state index contributed by atoms with van der Waals surface area (Å²) in [5, 5.41) is 9.58. The Balaban J connectivity index is 2.23. The third-order valence-electron chi connectivity index (χ3n) is 2.99. The first-order valence-electron chi connectivity index (χ1n) is 6.73. The van der Waals surface area contributed by atoms with E-state index in [1.54, 1.807) is 31.6 Å². The van der Waals surface area contributed by atoms with Crippen LogP contribution in [0.5, 0.6) is 0 Å². The van der Waals surface area contributed by atoms with Gasteiger partial charge in [-0.25, -0.2) is 13.1 Å². The highest BCUT2D eigenvalue weighted by molar-refractivity contribution is 7.89. The minimum atomic E-state index is -3.66. The van der Waals surface area contributed by atoms with Crippen molar-refractivity contribution in [3.05, 3.63) is 36.4 Å². The van der Waals surface area contributed by atoms with Gasteiger partial charge in [0.2, 0.25) is 10.0 Å². The van der Waals surface area contributed by atoms with Gasteiger partial charge in [0, 0.05) is 36.7 Å². The first-order valence-corrected chi connectivity index (χ1v) is 8.22. The van der Waals surface area contributed by atoms with Crippen LogP contribution in [0.25, 0.3) is 0 Å². The van der Waals surface area contributed by atoms with Crippen molar-refractivity contribution in [2.75, 3.05) is 11.9 Å². The van der Waals surface area contributed by atoms with Gasteiger partial charge in [0.1, 0.15) is 4.90 Å². The predicted molar refractivity (Wildman–Crippen MR) is 80.3 cm³/mol. The molecule has 0 saturated heterocycles. The zero-order chi connectivity index (χ0) is 15.3. The van der Waals surface area contributed by atoms with E-state index in [1.807, 2.05) is 6.92 Å². The molecule has 2 heterocycles. The van der Waals surface area contributed by atoms with Crippen LogP contribution in [0.2, 0.25) is 0 Å². The Hall–Kier alpha value is -1.93. The number of sulfonamides is 1. The van der Waals surface area contributed by atoms with Crippen molar-refractivity contribution >= 4 is 15.7 Å². The summed E-state index contributed by atoms with van der Waals surface area (Å²) < 4.78 is 27.6. The highest BCUT2D eigenvalue weighted by Crippen LogP contribution is 2.22. The van der Waals surface area contributed by atoms with E-state index in [-0.39, 0.29) is 10.9 Å². The number of nitrogens with one attached hydrogen (secondary N) is 3. The average Bonchev–Trinajstić information content (AvgIpc) is 2.99. The van der Waals surface area contributed by atoms with Crippen LogP contribution < -0.4 is 10.0 Å². The van der Waals surface area contributed by atoms with Gasteiger partial charge < -0.3 is 5.32 Å². The summed E-state index contributed by atoms with van der Waals surface area (Å²) in [6.07, 6.45) is 7.07. The lowest BCUT2D eigenvalue weighted by molar-refractivity contribution is 0.567. The van der Waals surface area contributed by atoms with Gasteiger partial charge in [-0.2, -0.15) is 5.10 Å². The molecule has 0 spiro atoms. The molecule has 0 amide bonds. The van der Waals surface area contributed by atoms with Crippen LogP contribution in [0, 0.1) is 0 Å². The lowest BCUT2D eigenvalue weighted by atomic mass is 10.2. The van der Waals surface area contributed by atoms with Crippen molar-refractivity contribution in [3.8, 4) is 0 Å². The summed E-state index contributed by atoms with van der Waals surface area (Å²) in [6, 6.07) is 1.28. The molecular weight excluding hydrogens is 290 g/mol. The largest absolute Gasteiger partial charge is 0.384 e. The highest BCUT2D eigenvalue weighted by Gasteiger charge is 2.22. The highest BCUT2D eigenvalue weighted by atomic mass is 32.2. The maximum Gasteiger partial charge on any atom is 0.244 e. The summed E-state index contributed by atoms with van der Waals surface area (Å²) in [5.41, 5.74) is 1.32. The van der Waals surface area contributed by atoms with E-state index in [0.717, 1.165) is 12.0 Å². The van der Waals surface area contributed by atoms with Crippen LogP contribution in [-0.2, 0) is 10.0 Å². The van der Waals surface area contributed by atoms with E-state index in [2.05, 4.69) is 25.2 Å². The zero-order valence-corrected chi connectivity index (χ0v) is 12.8. The van der Waals surface area contributed by atoms with Crippen LogP contribution in [-0.4, -0.2) is 30.1 Å². The molecule has 0 radical (unpaired) electrons. The van der Waals surface area contributed by atoms with Gasteiger partial charge in [-0.1, -0.05) is 6.92 Å². The summed E-state index contributed by atoms with van der Waals surface area (Å²) in [4.78, 5) is 4.06. The summed E-state index contributed by atoms with van der Waals surface area (Å²) in [7, 11) is -3.66. The van der Waals surface area contributed by atoms with E-state index in [4.69, 9.17) is 0 Å². The maximum atomic E-state index is 12.5. The van der Waals surface area contributed by atoms with Gasteiger partial charge in [-0.3, -0.25) is 10.1 Å². The van der Waals surface area contributed by atoms with Crippen LogP contribution >= 0.6 is 0 Å². The van der Waals surface area contributed by atoms with Crippen molar-refractivity contribution in [3.63, 3.8) is 0 Å². The molecule has 114 valence electrons. The molecule has 0 aliphatic rings. The number of pyridine rings is 1. The van der Waals surface area contributed by atoms with Gasteiger partial charge >= 0.3 is 0 Å². The number of aromatic nitrogens is 3. The minimum absolute atomic E-state index is 0.147. The second-order valence-electron chi connectivity index (χ2n) is 4.67. The number of nitrogens with zero attached hydrogens (tertiary/aromatic N) is 2. The third-order valence-corrected chi connectivity index (χ3v) is 4.56. The van der Waals surface area contributed by atoms with Crippen molar-refractivity contribution in [2.45, 2.75) is 31.2 Å². The Bertz CT molecular complexity index is 670. The van der Waals surface area contributed by atoms with Crippen molar-refractivity contribution < 1.29 is 8.42 Å². The van der Waals surface area contributed by atoms with Crippen molar-refractivity contribution in [1.82, 2.24) is 19.9 Å². The van der Waals surface area contributed by atoms with Crippen LogP contribution in [0.3, 0.4) is 0 Å². The number of H-pyrrole nitrogens is 1. The first kappa shape index (κ1) is 15.5. The molecule has 0 saturated carbocycles. The summed E-state index contributed by atoms with van der Waals surface area (Å²) in [6.45, 7) is 4.48. The van der Waals surface area contributed by atoms with Crippen LogP contribution in [0.1, 0.15) is 31.9 Å². The first-order chi connectivity index (χ1) is 10.0. The molecule has 2 aromatic rings. The molecule has 2 rings (SSSR count). The Morgan fingerprint density at radius 1 is 1.38 bits per heavy atom. The standard InChI is InChI=1S/C13H19N5O2S/c1-3-5-15-12-4-6-14-9-13(12)21(19,20)18-10(2)11-7-16-17-8-11/h4,6-10,18H,3,5H2,1-2H3,(H,14,15)(H,16,17).